The Balaban J connectivity index is 1.69. The molecule has 0 fully saturated rings. The van der Waals surface area contributed by atoms with E-state index in [9.17, 15) is 9.59 Å². The first-order valence-corrected chi connectivity index (χ1v) is 7.51. The molecule has 2 aromatic carbocycles. The molecule has 0 aromatic heterocycles. The first kappa shape index (κ1) is 16.5. The third-order valence-corrected chi connectivity index (χ3v) is 3.25. The number of carbonyl (C=O) groups is 2. The Morgan fingerprint density at radius 3 is 2.26 bits per heavy atom. The van der Waals surface area contributed by atoms with Crippen LogP contribution in [0.25, 0.3) is 6.08 Å². The lowest BCUT2D eigenvalue weighted by molar-refractivity contribution is -0.116. The maximum Gasteiger partial charge on any atom is 0.251 e. The van der Waals surface area contributed by atoms with Crippen molar-refractivity contribution in [2.75, 3.05) is 13.1 Å². The minimum Gasteiger partial charge on any atom is -0.351 e. The lowest BCUT2D eigenvalue weighted by atomic mass is 10.1. The van der Waals surface area contributed by atoms with Gasteiger partial charge in [0, 0.05) is 24.7 Å². The Bertz CT molecular complexity index is 676. The van der Waals surface area contributed by atoms with Gasteiger partial charge in [-0.3, -0.25) is 9.59 Å². The molecule has 2 N–H and O–H groups in total. The Morgan fingerprint density at radius 2 is 1.57 bits per heavy atom. The standard InChI is InChI=1S/C19H20N2O2/c1-15-7-9-16(10-8-15)11-12-18(22)20-13-14-21-19(23)17-5-3-2-4-6-17/h2-12H,13-14H2,1H3,(H,20,22)(H,21,23)/b12-11+. The summed E-state index contributed by atoms with van der Waals surface area (Å²) in [7, 11) is 0. The highest BCUT2D eigenvalue weighted by atomic mass is 16.2. The van der Waals surface area contributed by atoms with Gasteiger partial charge in [0.1, 0.15) is 0 Å². The van der Waals surface area contributed by atoms with Gasteiger partial charge in [-0.15, -0.1) is 0 Å². The van der Waals surface area contributed by atoms with Crippen molar-refractivity contribution < 1.29 is 9.59 Å². The number of nitrogens with one attached hydrogen (secondary N) is 2. The first-order chi connectivity index (χ1) is 11.1. The lowest BCUT2D eigenvalue weighted by Crippen LogP contribution is -2.33. The number of carbonyl (C=O) groups excluding carboxylic acids is 2. The van der Waals surface area contributed by atoms with Gasteiger partial charge in [0.15, 0.2) is 0 Å². The SMILES string of the molecule is Cc1ccc(/C=C/C(=O)NCCNC(=O)c2ccccc2)cc1. The molecule has 0 saturated carbocycles. The molecule has 0 aliphatic heterocycles. The van der Waals surface area contributed by atoms with E-state index in [1.54, 1.807) is 18.2 Å². The van der Waals surface area contributed by atoms with Gasteiger partial charge in [0.05, 0.1) is 0 Å². The van der Waals surface area contributed by atoms with Gasteiger partial charge in [0.2, 0.25) is 5.91 Å². The maximum absolute atomic E-state index is 11.8. The number of hydrogen-bond donors (Lipinski definition) is 2. The summed E-state index contributed by atoms with van der Waals surface area (Å²) in [5.74, 6) is -0.324. The number of amides is 2. The summed E-state index contributed by atoms with van der Waals surface area (Å²) in [6.07, 6.45) is 3.25. The minimum atomic E-state index is -0.181. The van der Waals surface area contributed by atoms with E-state index < -0.39 is 0 Å². The van der Waals surface area contributed by atoms with E-state index in [-0.39, 0.29) is 11.8 Å². The molecular formula is C19H20N2O2. The van der Waals surface area contributed by atoms with E-state index in [4.69, 9.17) is 0 Å². The van der Waals surface area contributed by atoms with Crippen molar-refractivity contribution in [3.05, 3.63) is 77.4 Å². The van der Waals surface area contributed by atoms with Gasteiger partial charge < -0.3 is 10.6 Å². The second kappa shape index (κ2) is 8.54. The van der Waals surface area contributed by atoms with Crippen molar-refractivity contribution >= 4 is 17.9 Å². The summed E-state index contributed by atoms with van der Waals surface area (Å²) < 4.78 is 0. The molecule has 118 valence electrons. The summed E-state index contributed by atoms with van der Waals surface area (Å²) in [6.45, 7) is 2.79. The molecule has 0 aliphatic rings. The Hall–Kier alpha value is -2.88. The normalized spacial score (nSPS) is 10.5. The third-order valence-electron chi connectivity index (χ3n) is 3.25. The second-order valence-electron chi connectivity index (χ2n) is 5.16. The fourth-order valence-corrected chi connectivity index (χ4v) is 1.96. The summed E-state index contributed by atoms with van der Waals surface area (Å²) in [4.78, 5) is 23.5. The highest BCUT2D eigenvalue weighted by molar-refractivity contribution is 5.94. The maximum atomic E-state index is 11.8. The van der Waals surface area contributed by atoms with Crippen molar-refractivity contribution in [3.8, 4) is 0 Å². The zero-order valence-electron chi connectivity index (χ0n) is 13.1. The minimum absolute atomic E-state index is 0.143. The average molecular weight is 308 g/mol. The second-order valence-corrected chi connectivity index (χ2v) is 5.16. The van der Waals surface area contributed by atoms with Crippen molar-refractivity contribution in [1.82, 2.24) is 10.6 Å². The zero-order chi connectivity index (χ0) is 16.5. The van der Waals surface area contributed by atoms with Crippen LogP contribution in [0.15, 0.2) is 60.7 Å². The molecule has 0 heterocycles. The molecule has 0 radical (unpaired) electrons. The molecular weight excluding hydrogens is 288 g/mol. The topological polar surface area (TPSA) is 58.2 Å². The fourth-order valence-electron chi connectivity index (χ4n) is 1.96. The van der Waals surface area contributed by atoms with Crippen LogP contribution < -0.4 is 10.6 Å². The van der Waals surface area contributed by atoms with Crippen LogP contribution in [-0.4, -0.2) is 24.9 Å². The van der Waals surface area contributed by atoms with Crippen LogP contribution in [0.5, 0.6) is 0 Å². The molecule has 4 heteroatoms. The molecule has 0 saturated heterocycles. The summed E-state index contributed by atoms with van der Waals surface area (Å²) in [5.41, 5.74) is 2.77. The monoisotopic (exact) mass is 308 g/mol. The predicted molar refractivity (Wildman–Crippen MR) is 92.0 cm³/mol. The van der Waals surface area contributed by atoms with Crippen LogP contribution >= 0.6 is 0 Å². The van der Waals surface area contributed by atoms with E-state index >= 15 is 0 Å². The molecule has 0 spiro atoms. The van der Waals surface area contributed by atoms with Gasteiger partial charge in [-0.1, -0.05) is 48.0 Å². The Labute approximate surface area is 136 Å². The van der Waals surface area contributed by atoms with Crippen molar-refractivity contribution in [3.63, 3.8) is 0 Å². The van der Waals surface area contributed by atoms with Crippen molar-refractivity contribution in [1.29, 1.82) is 0 Å². The van der Waals surface area contributed by atoms with Crippen molar-refractivity contribution in [2.45, 2.75) is 6.92 Å². The van der Waals surface area contributed by atoms with Crippen molar-refractivity contribution in [2.24, 2.45) is 0 Å². The lowest BCUT2D eigenvalue weighted by Gasteiger charge is -2.05. The molecule has 2 amide bonds. The number of benzene rings is 2. The molecule has 0 unspecified atom stereocenters. The van der Waals surface area contributed by atoms with Gasteiger partial charge in [0.25, 0.3) is 5.91 Å². The quantitative estimate of drug-likeness (QED) is 0.636. The third kappa shape index (κ3) is 5.79. The molecule has 0 atom stereocenters. The highest BCUT2D eigenvalue weighted by Crippen LogP contribution is 2.04. The fraction of sp³-hybridized carbons (Fsp3) is 0.158. The summed E-state index contributed by atoms with van der Waals surface area (Å²) in [5, 5.41) is 5.49. The molecule has 23 heavy (non-hydrogen) atoms. The van der Waals surface area contributed by atoms with Gasteiger partial charge in [-0.2, -0.15) is 0 Å². The van der Waals surface area contributed by atoms with E-state index in [1.807, 2.05) is 49.4 Å². The Morgan fingerprint density at radius 1 is 0.913 bits per heavy atom. The van der Waals surface area contributed by atoms with E-state index in [0.29, 0.717) is 18.7 Å². The van der Waals surface area contributed by atoms with Gasteiger partial charge >= 0.3 is 0 Å². The summed E-state index contributed by atoms with van der Waals surface area (Å²) in [6, 6.07) is 16.9. The summed E-state index contributed by atoms with van der Waals surface area (Å²) >= 11 is 0. The van der Waals surface area contributed by atoms with E-state index in [0.717, 1.165) is 5.56 Å². The van der Waals surface area contributed by atoms with Crippen LogP contribution in [0.4, 0.5) is 0 Å². The van der Waals surface area contributed by atoms with Crippen LogP contribution in [0.2, 0.25) is 0 Å². The number of hydrogen-bond acceptors (Lipinski definition) is 2. The van der Waals surface area contributed by atoms with E-state index in [1.165, 1.54) is 11.6 Å². The molecule has 0 bridgehead atoms. The molecule has 2 rings (SSSR count). The van der Waals surface area contributed by atoms with Gasteiger partial charge in [-0.05, 0) is 30.7 Å². The van der Waals surface area contributed by atoms with Crippen LogP contribution in [0.3, 0.4) is 0 Å². The Kier molecular flexibility index (Phi) is 6.12. The highest BCUT2D eigenvalue weighted by Gasteiger charge is 2.03. The van der Waals surface area contributed by atoms with Crippen LogP contribution in [0.1, 0.15) is 21.5 Å². The largest absolute Gasteiger partial charge is 0.351 e. The molecule has 4 nitrogen and oxygen atoms in total. The van der Waals surface area contributed by atoms with Gasteiger partial charge in [-0.25, -0.2) is 0 Å². The molecule has 0 aliphatic carbocycles. The van der Waals surface area contributed by atoms with Crippen LogP contribution in [-0.2, 0) is 4.79 Å². The number of rotatable bonds is 6. The smallest absolute Gasteiger partial charge is 0.251 e. The molecule has 2 aromatic rings. The average Bonchev–Trinajstić information content (AvgIpc) is 2.59. The van der Waals surface area contributed by atoms with E-state index in [2.05, 4.69) is 10.6 Å². The van der Waals surface area contributed by atoms with Crippen LogP contribution in [0, 0.1) is 6.92 Å². The first-order valence-electron chi connectivity index (χ1n) is 7.51. The number of aryl methyl sites for hydroxylation is 1. The predicted octanol–water partition coefficient (Wildman–Crippen LogP) is 2.55. The zero-order valence-corrected chi connectivity index (χ0v) is 13.1.